The first kappa shape index (κ1) is 11.5. The summed E-state index contributed by atoms with van der Waals surface area (Å²) in [5.41, 5.74) is 1.09. The summed E-state index contributed by atoms with van der Waals surface area (Å²) in [6, 6.07) is 4.89. The minimum Gasteiger partial charge on any atom is -0.478 e. The zero-order valence-electron chi connectivity index (χ0n) is 10.2. The molecule has 2 unspecified atom stereocenters. The van der Waals surface area contributed by atoms with Gasteiger partial charge < -0.3 is 9.52 Å². The van der Waals surface area contributed by atoms with Crippen LogP contribution < -0.4 is 0 Å². The van der Waals surface area contributed by atoms with E-state index in [0.717, 1.165) is 30.7 Å². The number of rotatable bonds is 3. The van der Waals surface area contributed by atoms with E-state index in [9.17, 15) is 4.79 Å². The summed E-state index contributed by atoms with van der Waals surface area (Å²) < 4.78 is 5.40. The van der Waals surface area contributed by atoms with Gasteiger partial charge in [-0.3, -0.25) is 4.90 Å². The molecule has 96 valence electrons. The smallest absolute Gasteiger partial charge is 0.328 e. The van der Waals surface area contributed by atoms with Crippen molar-refractivity contribution in [1.82, 2.24) is 4.90 Å². The lowest BCUT2D eigenvalue weighted by Crippen LogP contribution is -2.39. The van der Waals surface area contributed by atoms with Crippen molar-refractivity contribution in [2.45, 2.75) is 44.3 Å². The van der Waals surface area contributed by atoms with Crippen molar-refractivity contribution >= 4 is 5.97 Å². The average Bonchev–Trinajstić information content (AvgIpc) is 2.88. The quantitative estimate of drug-likeness (QED) is 0.833. The van der Waals surface area contributed by atoms with Gasteiger partial charge in [-0.15, -0.1) is 0 Å². The normalized spacial score (nSPS) is 27.4. The molecule has 0 radical (unpaired) electrons. The fourth-order valence-electron chi connectivity index (χ4n) is 3.27. The van der Waals surface area contributed by atoms with E-state index in [1.54, 1.807) is 6.26 Å². The van der Waals surface area contributed by atoms with Gasteiger partial charge in [-0.05, 0) is 37.8 Å². The van der Waals surface area contributed by atoms with Crippen molar-refractivity contribution in [3.63, 3.8) is 0 Å². The Morgan fingerprint density at radius 2 is 2.17 bits per heavy atom. The summed E-state index contributed by atoms with van der Waals surface area (Å²) in [6.07, 6.45) is 7.23. The minimum atomic E-state index is -0.816. The summed E-state index contributed by atoms with van der Waals surface area (Å²) >= 11 is 0. The molecule has 2 atom stereocenters. The first-order chi connectivity index (χ1) is 8.72. The molecule has 2 bridgehead atoms. The average molecular weight is 247 g/mol. The third-order valence-corrected chi connectivity index (χ3v) is 4.01. The van der Waals surface area contributed by atoms with Crippen LogP contribution in [0.2, 0.25) is 0 Å². The Morgan fingerprint density at radius 1 is 1.44 bits per heavy atom. The molecule has 2 aliphatic rings. The van der Waals surface area contributed by atoms with E-state index in [1.165, 1.54) is 18.9 Å². The molecule has 4 heteroatoms. The largest absolute Gasteiger partial charge is 0.478 e. The fraction of sp³-hybridized carbons (Fsp3) is 0.500. The maximum absolute atomic E-state index is 10.7. The number of carboxylic acid groups (broad SMARTS) is 1. The molecule has 0 amide bonds. The Hall–Kier alpha value is -1.55. The van der Waals surface area contributed by atoms with Gasteiger partial charge in [-0.25, -0.2) is 4.79 Å². The molecule has 2 aliphatic heterocycles. The van der Waals surface area contributed by atoms with Crippen LogP contribution in [0.4, 0.5) is 0 Å². The lowest BCUT2D eigenvalue weighted by molar-refractivity contribution is -0.131. The number of fused-ring (bicyclic) bond motifs is 2. The van der Waals surface area contributed by atoms with Gasteiger partial charge in [-0.2, -0.15) is 0 Å². The van der Waals surface area contributed by atoms with Gasteiger partial charge >= 0.3 is 5.97 Å². The molecular formula is C14H17NO3. The molecule has 1 aromatic heterocycles. The van der Waals surface area contributed by atoms with Crippen molar-refractivity contribution in [3.8, 4) is 0 Å². The van der Waals surface area contributed by atoms with Gasteiger partial charge in [0.05, 0.1) is 12.8 Å². The zero-order valence-corrected chi connectivity index (χ0v) is 10.2. The minimum absolute atomic E-state index is 0.486. The van der Waals surface area contributed by atoms with E-state index in [4.69, 9.17) is 9.52 Å². The summed E-state index contributed by atoms with van der Waals surface area (Å²) in [5.74, 6) is 0.182. The van der Waals surface area contributed by atoms with E-state index >= 15 is 0 Å². The number of carboxylic acids is 1. The highest BCUT2D eigenvalue weighted by atomic mass is 16.4. The van der Waals surface area contributed by atoms with Crippen LogP contribution in [0.3, 0.4) is 0 Å². The predicted octanol–water partition coefficient (Wildman–Crippen LogP) is 2.42. The highest BCUT2D eigenvalue weighted by molar-refractivity contribution is 5.80. The standard InChI is InChI=1S/C14H17NO3/c16-14(17)8-10-6-11-3-4-12(7-10)15(11)9-13-2-1-5-18-13/h1-2,5,8,11-12H,3-4,6-7,9H2,(H,16,17). The number of aliphatic carboxylic acids is 1. The van der Waals surface area contributed by atoms with Gasteiger partial charge in [0.25, 0.3) is 0 Å². The maximum atomic E-state index is 10.7. The third-order valence-electron chi connectivity index (χ3n) is 4.01. The molecule has 3 rings (SSSR count). The van der Waals surface area contributed by atoms with Crippen molar-refractivity contribution in [2.24, 2.45) is 0 Å². The van der Waals surface area contributed by atoms with Crippen molar-refractivity contribution in [3.05, 3.63) is 35.8 Å². The first-order valence-corrected chi connectivity index (χ1v) is 6.43. The molecular weight excluding hydrogens is 230 g/mol. The Bertz CT molecular complexity index is 447. The van der Waals surface area contributed by atoms with Crippen LogP contribution in [-0.2, 0) is 11.3 Å². The fourth-order valence-corrected chi connectivity index (χ4v) is 3.27. The highest BCUT2D eigenvalue weighted by Gasteiger charge is 2.38. The second-order valence-electron chi connectivity index (χ2n) is 5.19. The maximum Gasteiger partial charge on any atom is 0.328 e. The van der Waals surface area contributed by atoms with Crippen molar-refractivity contribution < 1.29 is 14.3 Å². The Balaban J connectivity index is 1.71. The van der Waals surface area contributed by atoms with Crippen LogP contribution in [0.25, 0.3) is 0 Å². The highest BCUT2D eigenvalue weighted by Crippen LogP contribution is 2.39. The van der Waals surface area contributed by atoms with E-state index in [2.05, 4.69) is 4.90 Å². The summed E-state index contributed by atoms with van der Waals surface area (Å²) in [7, 11) is 0. The topological polar surface area (TPSA) is 53.7 Å². The van der Waals surface area contributed by atoms with Gasteiger partial charge in [0, 0.05) is 18.2 Å². The van der Waals surface area contributed by atoms with Crippen LogP contribution in [0, 0.1) is 0 Å². The monoisotopic (exact) mass is 247 g/mol. The number of carbonyl (C=O) groups is 1. The number of hydrogen-bond donors (Lipinski definition) is 1. The van der Waals surface area contributed by atoms with Gasteiger partial charge in [0.2, 0.25) is 0 Å². The number of piperidine rings is 1. The molecule has 0 aromatic carbocycles. The Morgan fingerprint density at radius 3 is 2.72 bits per heavy atom. The second-order valence-corrected chi connectivity index (χ2v) is 5.19. The predicted molar refractivity (Wildman–Crippen MR) is 66.0 cm³/mol. The first-order valence-electron chi connectivity index (χ1n) is 6.43. The molecule has 2 saturated heterocycles. The molecule has 3 heterocycles. The van der Waals surface area contributed by atoms with E-state index in [0.29, 0.717) is 12.1 Å². The molecule has 1 aromatic rings. The van der Waals surface area contributed by atoms with Crippen molar-refractivity contribution in [2.75, 3.05) is 0 Å². The van der Waals surface area contributed by atoms with E-state index < -0.39 is 5.97 Å². The molecule has 18 heavy (non-hydrogen) atoms. The molecule has 4 nitrogen and oxygen atoms in total. The van der Waals surface area contributed by atoms with Crippen molar-refractivity contribution in [1.29, 1.82) is 0 Å². The van der Waals surface area contributed by atoms with E-state index in [1.807, 2.05) is 12.1 Å². The summed E-state index contributed by atoms with van der Waals surface area (Å²) in [4.78, 5) is 13.2. The summed E-state index contributed by atoms with van der Waals surface area (Å²) in [6.45, 7) is 0.850. The van der Waals surface area contributed by atoms with Gasteiger partial charge in [0.15, 0.2) is 0 Å². The zero-order chi connectivity index (χ0) is 12.5. The molecule has 0 aliphatic carbocycles. The second kappa shape index (κ2) is 4.61. The lowest BCUT2D eigenvalue weighted by Gasteiger charge is -2.35. The van der Waals surface area contributed by atoms with E-state index in [-0.39, 0.29) is 0 Å². The molecule has 2 fully saturated rings. The van der Waals surface area contributed by atoms with Crippen LogP contribution in [0.15, 0.2) is 34.5 Å². The van der Waals surface area contributed by atoms with Gasteiger partial charge in [-0.1, -0.05) is 5.57 Å². The number of furan rings is 1. The van der Waals surface area contributed by atoms with Crippen LogP contribution >= 0.6 is 0 Å². The molecule has 1 N–H and O–H groups in total. The lowest BCUT2D eigenvalue weighted by atomic mass is 9.96. The molecule has 0 spiro atoms. The van der Waals surface area contributed by atoms with Gasteiger partial charge in [0.1, 0.15) is 5.76 Å². The summed E-state index contributed by atoms with van der Waals surface area (Å²) in [5, 5.41) is 8.83. The third kappa shape index (κ3) is 2.20. The Labute approximate surface area is 106 Å². The van der Waals surface area contributed by atoms with Crippen LogP contribution in [-0.4, -0.2) is 28.1 Å². The SMILES string of the molecule is O=C(O)C=C1CC2CCC(C1)N2Cc1ccco1. The Kier molecular flexibility index (Phi) is 2.96. The van der Waals surface area contributed by atoms with Crippen LogP contribution in [0.5, 0.6) is 0 Å². The number of hydrogen-bond acceptors (Lipinski definition) is 3. The molecule has 0 saturated carbocycles. The van der Waals surface area contributed by atoms with Crippen LogP contribution in [0.1, 0.15) is 31.4 Å². The number of nitrogens with zero attached hydrogens (tertiary/aromatic N) is 1.